The van der Waals surface area contributed by atoms with E-state index in [-0.39, 0.29) is 5.41 Å². The molecule has 0 saturated carbocycles. The van der Waals surface area contributed by atoms with Crippen molar-refractivity contribution in [1.82, 2.24) is 9.97 Å². The maximum atomic E-state index is 6.35. The molecule has 158 valence electrons. The van der Waals surface area contributed by atoms with E-state index < -0.39 is 0 Å². The van der Waals surface area contributed by atoms with Gasteiger partial charge in [0.2, 0.25) is 0 Å². The van der Waals surface area contributed by atoms with Crippen LogP contribution in [0.3, 0.4) is 0 Å². The number of hydrogen-bond acceptors (Lipinski definition) is 3. The maximum Gasteiger partial charge on any atom is 0.160 e. The van der Waals surface area contributed by atoms with Crippen molar-refractivity contribution in [1.29, 1.82) is 0 Å². The van der Waals surface area contributed by atoms with Gasteiger partial charge in [-0.25, -0.2) is 9.97 Å². The van der Waals surface area contributed by atoms with Gasteiger partial charge < -0.3 is 4.42 Å². The summed E-state index contributed by atoms with van der Waals surface area (Å²) >= 11 is 0. The molecule has 1 aliphatic rings. The van der Waals surface area contributed by atoms with Crippen LogP contribution < -0.4 is 0 Å². The van der Waals surface area contributed by atoms with Crippen molar-refractivity contribution in [2.24, 2.45) is 5.92 Å². The average molecular weight is 419 g/mol. The summed E-state index contributed by atoms with van der Waals surface area (Å²) in [5.74, 6) is 2.37. The van der Waals surface area contributed by atoms with E-state index in [2.05, 4.69) is 82.3 Å². The van der Waals surface area contributed by atoms with Gasteiger partial charge in [-0.2, -0.15) is 0 Å². The van der Waals surface area contributed by atoms with Crippen LogP contribution in [0.25, 0.3) is 44.6 Å². The Labute approximate surface area is 188 Å². The Morgan fingerprint density at radius 3 is 2.56 bits per heavy atom. The third kappa shape index (κ3) is 2.74. The molecular weight excluding hydrogens is 392 g/mol. The van der Waals surface area contributed by atoms with Gasteiger partial charge >= 0.3 is 0 Å². The molecule has 6 rings (SSSR count). The third-order valence-electron chi connectivity index (χ3n) is 6.69. The van der Waals surface area contributed by atoms with E-state index in [0.717, 1.165) is 45.6 Å². The second kappa shape index (κ2) is 6.77. The fourth-order valence-corrected chi connectivity index (χ4v) is 5.38. The predicted molar refractivity (Wildman–Crippen MR) is 131 cm³/mol. The van der Waals surface area contributed by atoms with E-state index in [1.54, 1.807) is 0 Å². The number of benzene rings is 3. The summed E-state index contributed by atoms with van der Waals surface area (Å²) in [5.41, 5.74) is 7.81. The molecule has 3 nitrogen and oxygen atoms in total. The van der Waals surface area contributed by atoms with Crippen LogP contribution in [0, 0.1) is 5.92 Å². The SMILES string of the molecule is CC(C)Cc1ccc2cnc(-c3cccc4c3C(C)(C)c3c-4oc4ccccc34)nc2c1. The fraction of sp³-hybridized carbons (Fsp3) is 0.241. The number of rotatable bonds is 3. The van der Waals surface area contributed by atoms with E-state index in [0.29, 0.717) is 5.92 Å². The fourth-order valence-electron chi connectivity index (χ4n) is 5.38. The van der Waals surface area contributed by atoms with Crippen molar-refractivity contribution in [2.45, 2.75) is 39.5 Å². The summed E-state index contributed by atoms with van der Waals surface area (Å²) < 4.78 is 6.35. The summed E-state index contributed by atoms with van der Waals surface area (Å²) in [4.78, 5) is 9.80. The van der Waals surface area contributed by atoms with Crippen LogP contribution in [-0.2, 0) is 11.8 Å². The summed E-state index contributed by atoms with van der Waals surface area (Å²) in [6.07, 6.45) is 3.00. The first kappa shape index (κ1) is 19.2. The molecule has 3 aromatic carbocycles. The molecule has 5 aromatic rings. The van der Waals surface area contributed by atoms with Gasteiger partial charge in [-0.15, -0.1) is 0 Å². The summed E-state index contributed by atoms with van der Waals surface area (Å²) in [6, 6.07) is 21.3. The molecule has 0 saturated heterocycles. The minimum absolute atomic E-state index is 0.203. The van der Waals surface area contributed by atoms with Crippen molar-refractivity contribution in [3.63, 3.8) is 0 Å². The van der Waals surface area contributed by atoms with E-state index in [4.69, 9.17) is 14.4 Å². The average Bonchev–Trinajstić information content (AvgIpc) is 3.27. The normalized spacial score (nSPS) is 14.3. The zero-order valence-corrected chi connectivity index (χ0v) is 18.9. The highest BCUT2D eigenvalue weighted by Gasteiger charge is 2.42. The highest BCUT2D eigenvalue weighted by Crippen LogP contribution is 2.55. The highest BCUT2D eigenvalue weighted by atomic mass is 16.3. The summed E-state index contributed by atoms with van der Waals surface area (Å²) in [7, 11) is 0. The Balaban J connectivity index is 1.55. The first-order valence-corrected chi connectivity index (χ1v) is 11.4. The van der Waals surface area contributed by atoms with Crippen molar-refractivity contribution in [3.05, 3.63) is 83.6 Å². The molecule has 0 amide bonds. The van der Waals surface area contributed by atoms with Crippen LogP contribution in [0.15, 0.2) is 71.3 Å². The van der Waals surface area contributed by atoms with Crippen LogP contribution in [0.2, 0.25) is 0 Å². The number of hydrogen-bond donors (Lipinski definition) is 0. The monoisotopic (exact) mass is 418 g/mol. The van der Waals surface area contributed by atoms with E-state index in [1.807, 2.05) is 12.3 Å². The number of aromatic nitrogens is 2. The third-order valence-corrected chi connectivity index (χ3v) is 6.69. The molecular formula is C29H26N2O. The Morgan fingerprint density at radius 2 is 1.72 bits per heavy atom. The van der Waals surface area contributed by atoms with Crippen molar-refractivity contribution < 1.29 is 4.42 Å². The van der Waals surface area contributed by atoms with Crippen LogP contribution in [0.1, 0.15) is 44.4 Å². The van der Waals surface area contributed by atoms with Gasteiger partial charge in [0.1, 0.15) is 11.3 Å². The lowest BCUT2D eigenvalue weighted by atomic mass is 9.79. The maximum absolute atomic E-state index is 6.35. The second-order valence-electron chi connectivity index (χ2n) is 9.84. The van der Waals surface area contributed by atoms with Gasteiger partial charge in [-0.1, -0.05) is 76.2 Å². The largest absolute Gasteiger partial charge is 0.456 e. The van der Waals surface area contributed by atoms with E-state index >= 15 is 0 Å². The molecule has 0 radical (unpaired) electrons. The van der Waals surface area contributed by atoms with Gasteiger partial charge in [-0.3, -0.25) is 0 Å². The molecule has 2 aromatic heterocycles. The molecule has 2 heterocycles. The van der Waals surface area contributed by atoms with Crippen LogP contribution in [0.4, 0.5) is 0 Å². The number of fused-ring (bicyclic) bond motifs is 6. The summed E-state index contributed by atoms with van der Waals surface area (Å²) in [5, 5.41) is 2.26. The topological polar surface area (TPSA) is 38.9 Å². The van der Waals surface area contributed by atoms with Gasteiger partial charge in [0.15, 0.2) is 5.82 Å². The first-order valence-electron chi connectivity index (χ1n) is 11.4. The molecule has 32 heavy (non-hydrogen) atoms. The Bertz CT molecular complexity index is 1510. The minimum Gasteiger partial charge on any atom is -0.456 e. The molecule has 0 atom stereocenters. The van der Waals surface area contributed by atoms with Gasteiger partial charge in [0.25, 0.3) is 0 Å². The molecule has 1 aliphatic carbocycles. The lowest BCUT2D eigenvalue weighted by Gasteiger charge is -2.23. The van der Waals surface area contributed by atoms with Gasteiger partial charge in [-0.05, 0) is 35.6 Å². The number of nitrogens with zero attached hydrogens (tertiary/aromatic N) is 2. The standard InChI is InChI=1S/C29H26N2O/c1-17(2)14-18-12-13-19-16-30-28(31-23(19)15-18)22-10-7-9-21-25(22)29(3,4)26-20-8-5-6-11-24(20)32-27(21)26/h5-13,15-17H,14H2,1-4H3. The van der Waals surface area contributed by atoms with Crippen molar-refractivity contribution in [2.75, 3.05) is 0 Å². The lowest BCUT2D eigenvalue weighted by molar-refractivity contribution is 0.619. The van der Waals surface area contributed by atoms with Gasteiger partial charge in [0.05, 0.1) is 5.52 Å². The number of furan rings is 1. The second-order valence-corrected chi connectivity index (χ2v) is 9.84. The van der Waals surface area contributed by atoms with Crippen LogP contribution in [0.5, 0.6) is 0 Å². The highest BCUT2D eigenvalue weighted by molar-refractivity contribution is 5.96. The lowest BCUT2D eigenvalue weighted by Crippen LogP contribution is -2.16. The van der Waals surface area contributed by atoms with Crippen LogP contribution >= 0.6 is 0 Å². The zero-order valence-electron chi connectivity index (χ0n) is 18.9. The summed E-state index contributed by atoms with van der Waals surface area (Å²) in [6.45, 7) is 9.06. The van der Waals surface area contributed by atoms with E-state index in [1.165, 1.54) is 22.1 Å². The van der Waals surface area contributed by atoms with Gasteiger partial charge in [0, 0.05) is 39.1 Å². The molecule has 0 fully saturated rings. The zero-order chi connectivity index (χ0) is 22.0. The predicted octanol–water partition coefficient (Wildman–Crippen LogP) is 7.55. The molecule has 0 bridgehead atoms. The molecule has 0 N–H and O–H groups in total. The minimum atomic E-state index is -0.203. The van der Waals surface area contributed by atoms with Crippen molar-refractivity contribution >= 4 is 21.9 Å². The molecule has 0 aliphatic heterocycles. The molecule has 0 spiro atoms. The molecule has 0 unspecified atom stereocenters. The Kier molecular flexibility index (Phi) is 4.07. The Morgan fingerprint density at radius 1 is 0.906 bits per heavy atom. The molecule has 3 heteroatoms. The van der Waals surface area contributed by atoms with E-state index in [9.17, 15) is 0 Å². The smallest absolute Gasteiger partial charge is 0.160 e. The van der Waals surface area contributed by atoms with Crippen LogP contribution in [-0.4, -0.2) is 9.97 Å². The van der Waals surface area contributed by atoms with Crippen molar-refractivity contribution in [3.8, 4) is 22.7 Å². The quantitative estimate of drug-likeness (QED) is 0.304. The number of para-hydroxylation sites is 1. The Hall–Kier alpha value is -3.46. The first-order chi connectivity index (χ1) is 15.4.